The number of anilines is 2. The van der Waals surface area contributed by atoms with Crippen molar-refractivity contribution in [3.05, 3.63) is 70.1 Å². The zero-order chi connectivity index (χ0) is 24.8. The number of amides is 4. The number of nitrogens with zero attached hydrogens (tertiary/aromatic N) is 1. The fourth-order valence-electron chi connectivity index (χ4n) is 3.66. The molecule has 3 rings (SSSR count). The lowest BCUT2D eigenvalue weighted by molar-refractivity contribution is -0.139. The molecule has 1 unspecified atom stereocenters. The molecule has 180 valence electrons. The van der Waals surface area contributed by atoms with Crippen molar-refractivity contribution < 1.29 is 23.5 Å². The van der Waals surface area contributed by atoms with Gasteiger partial charge in [-0.3, -0.25) is 4.90 Å². The molecule has 3 N–H and O–H groups in total. The van der Waals surface area contributed by atoms with Gasteiger partial charge in [0.1, 0.15) is 5.82 Å². The van der Waals surface area contributed by atoms with Gasteiger partial charge in [0.2, 0.25) is 0 Å². The number of ether oxygens (including phenoxy) is 1. The van der Waals surface area contributed by atoms with Gasteiger partial charge in [-0.15, -0.1) is 0 Å². The van der Waals surface area contributed by atoms with Gasteiger partial charge in [0, 0.05) is 23.6 Å². The molecule has 2 aromatic rings. The molecule has 2 aromatic carbocycles. The molecule has 0 spiro atoms. The van der Waals surface area contributed by atoms with Crippen molar-refractivity contribution in [3.8, 4) is 0 Å². The quantitative estimate of drug-likeness (QED) is 0.452. The van der Waals surface area contributed by atoms with E-state index in [0.29, 0.717) is 34.8 Å². The first-order valence-electron chi connectivity index (χ1n) is 10.8. The molecule has 34 heavy (non-hydrogen) atoms. The minimum absolute atomic E-state index is 0.112. The smallest absolute Gasteiger partial charge is 0.338 e. The molecular formula is C24H26ClFN4O4. The van der Waals surface area contributed by atoms with Crippen LogP contribution in [-0.4, -0.2) is 36.1 Å². The van der Waals surface area contributed by atoms with Gasteiger partial charge < -0.3 is 20.7 Å². The number of halogens is 2. The Balaban J connectivity index is 1.86. The summed E-state index contributed by atoms with van der Waals surface area (Å²) in [5, 5.41) is 8.01. The maximum atomic E-state index is 13.3. The van der Waals surface area contributed by atoms with Crippen LogP contribution >= 0.6 is 11.6 Å². The van der Waals surface area contributed by atoms with Crippen molar-refractivity contribution in [2.24, 2.45) is 0 Å². The van der Waals surface area contributed by atoms with E-state index in [1.165, 1.54) is 17.0 Å². The monoisotopic (exact) mass is 488 g/mol. The highest BCUT2D eigenvalue weighted by atomic mass is 35.5. The molecule has 1 heterocycles. The third-order valence-electron chi connectivity index (χ3n) is 5.19. The lowest BCUT2D eigenvalue weighted by atomic mass is 9.94. The standard InChI is InChI=1S/C24H26ClFN4O4/c1-4-11-30-14(3)20(22(31)34-5-2)21(29-24(30)33)15-7-6-8-16(12-15)27-23(32)28-17-9-10-19(26)18(25)13-17/h6-10,12-13,21H,4-5,11H2,1-3H3,(H,29,33)(H2,27,28,32). The predicted octanol–water partition coefficient (Wildman–Crippen LogP) is 5.44. The summed E-state index contributed by atoms with van der Waals surface area (Å²) >= 11 is 5.75. The highest BCUT2D eigenvalue weighted by molar-refractivity contribution is 6.31. The van der Waals surface area contributed by atoms with Crippen LogP contribution in [0.4, 0.5) is 25.4 Å². The Labute approximate surface area is 202 Å². The Hall–Kier alpha value is -3.59. The molecule has 10 heteroatoms. The number of allylic oxidation sites excluding steroid dienone is 1. The highest BCUT2D eigenvalue weighted by Gasteiger charge is 2.36. The first-order valence-corrected chi connectivity index (χ1v) is 11.2. The Morgan fingerprint density at radius 2 is 1.85 bits per heavy atom. The molecular weight excluding hydrogens is 463 g/mol. The Morgan fingerprint density at radius 3 is 2.50 bits per heavy atom. The van der Waals surface area contributed by atoms with E-state index in [1.54, 1.807) is 38.1 Å². The van der Waals surface area contributed by atoms with E-state index >= 15 is 0 Å². The molecule has 0 aromatic heterocycles. The van der Waals surface area contributed by atoms with Crippen molar-refractivity contribution >= 4 is 41.0 Å². The SMILES string of the molecule is CCCN1C(=O)NC(c2cccc(NC(=O)Nc3ccc(F)c(Cl)c3)c2)C(C(=O)OCC)=C1C. The van der Waals surface area contributed by atoms with Crippen LogP contribution in [0.3, 0.4) is 0 Å². The number of carbonyl (C=O) groups is 3. The van der Waals surface area contributed by atoms with Gasteiger partial charge in [-0.1, -0.05) is 30.7 Å². The minimum atomic E-state index is -0.750. The van der Waals surface area contributed by atoms with Crippen LogP contribution in [0, 0.1) is 5.82 Å². The first kappa shape index (κ1) is 25.0. The summed E-state index contributed by atoms with van der Waals surface area (Å²) in [5.41, 5.74) is 2.19. The summed E-state index contributed by atoms with van der Waals surface area (Å²) in [7, 11) is 0. The van der Waals surface area contributed by atoms with E-state index in [-0.39, 0.29) is 17.7 Å². The maximum Gasteiger partial charge on any atom is 0.338 e. The molecule has 1 aliphatic rings. The number of benzene rings is 2. The Morgan fingerprint density at radius 1 is 1.15 bits per heavy atom. The normalized spacial score (nSPS) is 15.6. The van der Waals surface area contributed by atoms with Crippen LogP contribution in [0.25, 0.3) is 0 Å². The molecule has 0 radical (unpaired) electrons. The molecule has 4 amide bonds. The number of nitrogens with one attached hydrogen (secondary N) is 3. The molecule has 0 fully saturated rings. The topological polar surface area (TPSA) is 99.8 Å². The summed E-state index contributed by atoms with van der Waals surface area (Å²) in [6.07, 6.45) is 0.722. The first-order chi connectivity index (χ1) is 16.2. The summed E-state index contributed by atoms with van der Waals surface area (Å²) in [5.74, 6) is -1.11. The fourth-order valence-corrected chi connectivity index (χ4v) is 3.84. The fraction of sp³-hybridized carbons (Fsp3) is 0.292. The van der Waals surface area contributed by atoms with Gasteiger partial charge >= 0.3 is 18.0 Å². The van der Waals surface area contributed by atoms with E-state index in [9.17, 15) is 18.8 Å². The zero-order valence-corrected chi connectivity index (χ0v) is 19.8. The summed E-state index contributed by atoms with van der Waals surface area (Å²) < 4.78 is 18.6. The van der Waals surface area contributed by atoms with Gasteiger partial charge in [0.05, 0.1) is 23.2 Å². The van der Waals surface area contributed by atoms with E-state index in [1.807, 2.05) is 6.92 Å². The van der Waals surface area contributed by atoms with E-state index in [2.05, 4.69) is 16.0 Å². The number of hydrogen-bond acceptors (Lipinski definition) is 4. The molecule has 0 saturated carbocycles. The Bertz CT molecular complexity index is 1140. The minimum Gasteiger partial charge on any atom is -0.463 e. The summed E-state index contributed by atoms with van der Waals surface area (Å²) in [6, 6.07) is 8.96. The van der Waals surface area contributed by atoms with E-state index < -0.39 is 23.9 Å². The second kappa shape index (κ2) is 11.0. The van der Waals surface area contributed by atoms with Crippen LogP contribution < -0.4 is 16.0 Å². The van der Waals surface area contributed by atoms with Crippen LogP contribution in [0.5, 0.6) is 0 Å². The summed E-state index contributed by atoms with van der Waals surface area (Å²) in [4.78, 5) is 39.5. The Kier molecular flexibility index (Phi) is 8.12. The average Bonchev–Trinajstić information content (AvgIpc) is 2.79. The third kappa shape index (κ3) is 5.66. The zero-order valence-electron chi connectivity index (χ0n) is 19.1. The van der Waals surface area contributed by atoms with Crippen molar-refractivity contribution in [1.29, 1.82) is 0 Å². The van der Waals surface area contributed by atoms with Crippen LogP contribution in [0.15, 0.2) is 53.7 Å². The molecule has 0 aliphatic carbocycles. The highest BCUT2D eigenvalue weighted by Crippen LogP contribution is 2.32. The third-order valence-corrected chi connectivity index (χ3v) is 5.48. The predicted molar refractivity (Wildman–Crippen MR) is 128 cm³/mol. The van der Waals surface area contributed by atoms with Crippen LogP contribution in [0.1, 0.15) is 38.8 Å². The second-order valence-electron chi connectivity index (χ2n) is 7.59. The van der Waals surface area contributed by atoms with Crippen molar-refractivity contribution in [1.82, 2.24) is 10.2 Å². The molecule has 1 atom stereocenters. The van der Waals surface area contributed by atoms with Gasteiger partial charge in [0.25, 0.3) is 0 Å². The van der Waals surface area contributed by atoms with Crippen LogP contribution in [0.2, 0.25) is 5.02 Å². The van der Waals surface area contributed by atoms with Crippen LogP contribution in [-0.2, 0) is 9.53 Å². The summed E-state index contributed by atoms with van der Waals surface area (Å²) in [6.45, 7) is 6.03. The van der Waals surface area contributed by atoms with Crippen molar-refractivity contribution in [2.75, 3.05) is 23.8 Å². The molecule has 1 aliphatic heterocycles. The van der Waals surface area contributed by atoms with Gasteiger partial charge in [-0.2, -0.15) is 0 Å². The maximum absolute atomic E-state index is 13.3. The second-order valence-corrected chi connectivity index (χ2v) is 7.99. The number of esters is 1. The van der Waals surface area contributed by atoms with E-state index in [0.717, 1.165) is 12.5 Å². The largest absolute Gasteiger partial charge is 0.463 e. The lowest BCUT2D eigenvalue weighted by Gasteiger charge is -2.35. The van der Waals surface area contributed by atoms with Crippen molar-refractivity contribution in [3.63, 3.8) is 0 Å². The molecule has 0 bridgehead atoms. The van der Waals surface area contributed by atoms with Crippen molar-refractivity contribution in [2.45, 2.75) is 33.2 Å². The average molecular weight is 489 g/mol. The van der Waals surface area contributed by atoms with Gasteiger partial charge in [0.15, 0.2) is 0 Å². The van der Waals surface area contributed by atoms with Gasteiger partial charge in [-0.25, -0.2) is 18.8 Å². The van der Waals surface area contributed by atoms with Gasteiger partial charge in [-0.05, 0) is 56.2 Å². The lowest BCUT2D eigenvalue weighted by Crippen LogP contribution is -2.48. The number of carbonyl (C=O) groups excluding carboxylic acids is 3. The number of rotatable bonds is 7. The van der Waals surface area contributed by atoms with E-state index in [4.69, 9.17) is 16.3 Å². The number of urea groups is 2. The molecule has 0 saturated heterocycles. The molecule has 8 nitrogen and oxygen atoms in total. The number of hydrogen-bond donors (Lipinski definition) is 3.